The van der Waals surface area contributed by atoms with Gasteiger partial charge in [0.15, 0.2) is 0 Å². The van der Waals surface area contributed by atoms with Crippen LogP contribution in [0.5, 0.6) is 5.75 Å². The Morgan fingerprint density at radius 1 is 1.00 bits per heavy atom. The molecule has 0 spiro atoms. The fourth-order valence-corrected chi connectivity index (χ4v) is 0.939. The van der Waals surface area contributed by atoms with Crippen LogP contribution in [-0.2, 0) is 4.74 Å². The van der Waals surface area contributed by atoms with Crippen molar-refractivity contribution in [2.75, 3.05) is 19.8 Å². The van der Waals surface area contributed by atoms with E-state index >= 15 is 0 Å². The van der Waals surface area contributed by atoms with Gasteiger partial charge in [-0.25, -0.2) is 0 Å². The summed E-state index contributed by atoms with van der Waals surface area (Å²) in [5.74, 6) is 0.890. The first-order valence-electron chi connectivity index (χ1n) is 4.48. The molecule has 0 saturated heterocycles. The zero-order chi connectivity index (χ0) is 9.36. The van der Waals surface area contributed by atoms with Gasteiger partial charge in [0.2, 0.25) is 0 Å². The Bertz CT molecular complexity index is 209. The number of para-hydroxylation sites is 1. The van der Waals surface area contributed by atoms with Crippen molar-refractivity contribution in [1.82, 2.24) is 0 Å². The van der Waals surface area contributed by atoms with E-state index < -0.39 is 0 Å². The molecule has 13 heavy (non-hydrogen) atoms. The normalized spacial score (nSPS) is 9.92. The molecule has 1 radical (unpaired) electrons. The van der Waals surface area contributed by atoms with Gasteiger partial charge in [-0.3, -0.25) is 0 Å². The number of benzene rings is 1. The van der Waals surface area contributed by atoms with E-state index in [0.717, 1.165) is 12.2 Å². The van der Waals surface area contributed by atoms with Crippen LogP contribution in [0.1, 0.15) is 6.42 Å². The van der Waals surface area contributed by atoms with E-state index in [9.17, 15) is 0 Å². The lowest BCUT2D eigenvalue weighted by Crippen LogP contribution is -2.06. The lowest BCUT2D eigenvalue weighted by atomic mass is 10.3. The quantitative estimate of drug-likeness (QED) is 0.624. The molecule has 0 atom stereocenters. The van der Waals surface area contributed by atoms with Crippen molar-refractivity contribution < 1.29 is 9.47 Å². The fraction of sp³-hybridized carbons (Fsp3) is 0.364. The van der Waals surface area contributed by atoms with Gasteiger partial charge in [-0.15, -0.1) is 0 Å². The van der Waals surface area contributed by atoms with Crippen molar-refractivity contribution in [3.05, 3.63) is 37.3 Å². The minimum atomic E-state index is 0.601. The van der Waals surface area contributed by atoms with E-state index in [0.29, 0.717) is 19.8 Å². The van der Waals surface area contributed by atoms with Crippen LogP contribution in [0.3, 0.4) is 0 Å². The van der Waals surface area contributed by atoms with E-state index in [-0.39, 0.29) is 0 Å². The van der Waals surface area contributed by atoms with Crippen molar-refractivity contribution in [2.24, 2.45) is 0 Å². The summed E-state index contributed by atoms with van der Waals surface area (Å²) in [6.45, 7) is 5.61. The highest BCUT2D eigenvalue weighted by Gasteiger charge is 1.90. The predicted octanol–water partition coefficient (Wildman–Crippen LogP) is 2.31. The van der Waals surface area contributed by atoms with E-state index in [1.807, 2.05) is 30.3 Å². The molecule has 0 aromatic heterocycles. The monoisotopic (exact) mass is 179 g/mol. The number of ether oxygens (including phenoxy) is 2. The lowest BCUT2D eigenvalue weighted by molar-refractivity contribution is 0.103. The molecule has 0 amide bonds. The second kappa shape index (κ2) is 6.49. The van der Waals surface area contributed by atoms with E-state index in [1.54, 1.807) is 0 Å². The van der Waals surface area contributed by atoms with Crippen LogP contribution in [0, 0.1) is 6.92 Å². The highest BCUT2D eigenvalue weighted by Crippen LogP contribution is 2.07. The highest BCUT2D eigenvalue weighted by atomic mass is 16.5. The summed E-state index contributed by atoms with van der Waals surface area (Å²) in [7, 11) is 0. The molecule has 0 heterocycles. The van der Waals surface area contributed by atoms with Gasteiger partial charge in [-0.05, 0) is 18.6 Å². The van der Waals surface area contributed by atoms with Crippen LogP contribution >= 0.6 is 0 Å². The molecule has 0 unspecified atom stereocenters. The maximum Gasteiger partial charge on any atom is 0.119 e. The molecule has 2 nitrogen and oxygen atoms in total. The average Bonchev–Trinajstić information content (AvgIpc) is 2.19. The molecule has 0 aliphatic rings. The molecule has 0 fully saturated rings. The maximum atomic E-state index is 5.41. The van der Waals surface area contributed by atoms with Crippen molar-refractivity contribution >= 4 is 0 Å². The van der Waals surface area contributed by atoms with Crippen LogP contribution in [-0.4, -0.2) is 19.8 Å². The molecule has 1 rings (SSSR count). The van der Waals surface area contributed by atoms with E-state index in [4.69, 9.17) is 9.47 Å². The minimum absolute atomic E-state index is 0.601. The number of hydrogen-bond donors (Lipinski definition) is 0. The largest absolute Gasteiger partial charge is 0.491 e. The minimum Gasteiger partial charge on any atom is -0.491 e. The van der Waals surface area contributed by atoms with Gasteiger partial charge in [-0.1, -0.05) is 25.1 Å². The second-order valence-electron chi connectivity index (χ2n) is 2.63. The van der Waals surface area contributed by atoms with Gasteiger partial charge in [-0.2, -0.15) is 0 Å². The Morgan fingerprint density at radius 3 is 2.46 bits per heavy atom. The third-order valence-corrected chi connectivity index (χ3v) is 1.53. The van der Waals surface area contributed by atoms with Gasteiger partial charge in [0.25, 0.3) is 0 Å². The lowest BCUT2D eigenvalue weighted by Gasteiger charge is -2.05. The molecular weight excluding hydrogens is 164 g/mol. The SMILES string of the molecule is [CH2]CCOCCOc1ccccc1. The first kappa shape index (κ1) is 10.1. The van der Waals surface area contributed by atoms with E-state index in [1.165, 1.54) is 0 Å². The molecule has 1 aromatic rings. The van der Waals surface area contributed by atoms with Crippen LogP contribution in [0.2, 0.25) is 0 Å². The zero-order valence-electron chi connectivity index (χ0n) is 7.74. The van der Waals surface area contributed by atoms with E-state index in [2.05, 4.69) is 6.92 Å². The summed E-state index contributed by atoms with van der Waals surface area (Å²) < 4.78 is 10.6. The van der Waals surface area contributed by atoms with Gasteiger partial charge >= 0.3 is 0 Å². The van der Waals surface area contributed by atoms with Gasteiger partial charge in [0.1, 0.15) is 12.4 Å². The maximum absolute atomic E-state index is 5.41. The molecule has 0 aliphatic carbocycles. The molecule has 0 bridgehead atoms. The van der Waals surface area contributed by atoms with Crippen LogP contribution in [0.15, 0.2) is 30.3 Å². The first-order chi connectivity index (χ1) is 6.43. The smallest absolute Gasteiger partial charge is 0.119 e. The van der Waals surface area contributed by atoms with Crippen molar-refractivity contribution in [1.29, 1.82) is 0 Å². The predicted molar refractivity (Wildman–Crippen MR) is 52.7 cm³/mol. The summed E-state index contributed by atoms with van der Waals surface area (Å²) >= 11 is 0. The summed E-state index contributed by atoms with van der Waals surface area (Å²) in [5.41, 5.74) is 0. The average molecular weight is 179 g/mol. The molecule has 0 saturated carbocycles. The topological polar surface area (TPSA) is 18.5 Å². The third-order valence-electron chi connectivity index (χ3n) is 1.53. The first-order valence-corrected chi connectivity index (χ1v) is 4.48. The summed E-state index contributed by atoms with van der Waals surface area (Å²) in [5, 5.41) is 0. The Morgan fingerprint density at radius 2 is 1.77 bits per heavy atom. The second-order valence-corrected chi connectivity index (χ2v) is 2.63. The van der Waals surface area contributed by atoms with Crippen LogP contribution < -0.4 is 4.74 Å². The molecule has 0 N–H and O–H groups in total. The molecule has 0 aliphatic heterocycles. The van der Waals surface area contributed by atoms with Gasteiger partial charge < -0.3 is 9.47 Å². The van der Waals surface area contributed by atoms with Gasteiger partial charge in [0.05, 0.1) is 6.61 Å². The number of hydrogen-bond acceptors (Lipinski definition) is 2. The molecule has 1 aromatic carbocycles. The highest BCUT2D eigenvalue weighted by molar-refractivity contribution is 5.20. The fourth-order valence-electron chi connectivity index (χ4n) is 0.939. The molecule has 2 heteroatoms. The Hall–Kier alpha value is -1.02. The summed E-state index contributed by atoms with van der Waals surface area (Å²) in [6.07, 6.45) is 0.811. The third kappa shape index (κ3) is 4.53. The Kier molecular flexibility index (Phi) is 5.02. The van der Waals surface area contributed by atoms with Crippen LogP contribution in [0.4, 0.5) is 0 Å². The number of rotatable bonds is 6. The molecule has 71 valence electrons. The van der Waals surface area contributed by atoms with Crippen molar-refractivity contribution in [3.8, 4) is 5.75 Å². The Balaban J connectivity index is 2.07. The van der Waals surface area contributed by atoms with Crippen LogP contribution in [0.25, 0.3) is 0 Å². The van der Waals surface area contributed by atoms with Crippen molar-refractivity contribution in [2.45, 2.75) is 6.42 Å². The van der Waals surface area contributed by atoms with Crippen molar-refractivity contribution in [3.63, 3.8) is 0 Å². The zero-order valence-corrected chi connectivity index (χ0v) is 7.74. The summed E-state index contributed by atoms with van der Waals surface area (Å²) in [6, 6.07) is 9.73. The Labute approximate surface area is 79.5 Å². The standard InChI is InChI=1S/C11H15O2/c1-2-8-12-9-10-13-11-6-4-3-5-7-11/h3-7H,1-2,8-10H2. The molecular formula is C11H15O2. The van der Waals surface area contributed by atoms with Gasteiger partial charge in [0, 0.05) is 6.61 Å². The summed E-state index contributed by atoms with van der Waals surface area (Å²) in [4.78, 5) is 0.